The molecule has 19 heavy (non-hydrogen) atoms. The Hall–Kier alpha value is -1.36. The molecular formula is C14H20N4S. The minimum Gasteiger partial charge on any atom is -0.368 e. The molecule has 0 unspecified atom stereocenters. The van der Waals surface area contributed by atoms with Crippen LogP contribution in [0.4, 0.5) is 11.8 Å². The molecule has 0 amide bonds. The molecule has 0 spiro atoms. The van der Waals surface area contributed by atoms with Gasteiger partial charge < -0.3 is 11.1 Å². The lowest BCUT2D eigenvalue weighted by Gasteiger charge is -2.27. The van der Waals surface area contributed by atoms with Crippen LogP contribution in [0.1, 0.15) is 37.5 Å². The first kappa shape index (κ1) is 12.7. The Morgan fingerprint density at radius 2 is 2.00 bits per heavy atom. The van der Waals surface area contributed by atoms with E-state index >= 15 is 0 Å². The van der Waals surface area contributed by atoms with Crippen LogP contribution >= 0.6 is 11.3 Å². The Balaban J connectivity index is 1.87. The molecule has 102 valence electrons. The van der Waals surface area contributed by atoms with Gasteiger partial charge in [-0.3, -0.25) is 0 Å². The van der Waals surface area contributed by atoms with E-state index in [4.69, 9.17) is 5.73 Å². The molecule has 0 bridgehead atoms. The number of hydrogen-bond donors (Lipinski definition) is 2. The summed E-state index contributed by atoms with van der Waals surface area (Å²) >= 11 is 1.67. The average Bonchev–Trinajstić information content (AvgIpc) is 2.72. The van der Waals surface area contributed by atoms with Gasteiger partial charge in [-0.25, -0.2) is 4.98 Å². The summed E-state index contributed by atoms with van der Waals surface area (Å²) in [5, 5.41) is 4.68. The second kappa shape index (κ2) is 4.96. The molecule has 0 atom stereocenters. The van der Waals surface area contributed by atoms with Gasteiger partial charge in [-0.1, -0.05) is 6.92 Å². The molecule has 0 aliphatic heterocycles. The zero-order valence-corrected chi connectivity index (χ0v) is 12.3. The van der Waals surface area contributed by atoms with Gasteiger partial charge in [-0.2, -0.15) is 4.98 Å². The summed E-state index contributed by atoms with van der Waals surface area (Å²) in [6.45, 7) is 4.42. The summed E-state index contributed by atoms with van der Waals surface area (Å²) in [7, 11) is 0. The predicted molar refractivity (Wildman–Crippen MR) is 81.6 cm³/mol. The lowest BCUT2D eigenvalue weighted by molar-refractivity contribution is 0.361. The number of anilines is 2. The van der Waals surface area contributed by atoms with E-state index in [2.05, 4.69) is 35.2 Å². The Kier molecular flexibility index (Phi) is 3.31. The van der Waals surface area contributed by atoms with E-state index in [0.717, 1.165) is 22.0 Å². The predicted octanol–water partition coefficient (Wildman–Crippen LogP) is 3.57. The van der Waals surface area contributed by atoms with Crippen molar-refractivity contribution in [3.63, 3.8) is 0 Å². The molecule has 1 fully saturated rings. The first-order chi connectivity index (χ1) is 9.11. The van der Waals surface area contributed by atoms with Gasteiger partial charge in [-0.15, -0.1) is 11.3 Å². The smallest absolute Gasteiger partial charge is 0.223 e. The van der Waals surface area contributed by atoms with Crippen LogP contribution in [0.25, 0.3) is 10.2 Å². The van der Waals surface area contributed by atoms with Crippen LogP contribution < -0.4 is 11.1 Å². The normalized spacial score (nSPS) is 23.7. The Bertz CT molecular complexity index is 584. The van der Waals surface area contributed by atoms with Gasteiger partial charge in [-0.05, 0) is 44.6 Å². The summed E-state index contributed by atoms with van der Waals surface area (Å²) < 4.78 is 0. The van der Waals surface area contributed by atoms with Crippen LogP contribution in [0.3, 0.4) is 0 Å². The minimum atomic E-state index is 0.362. The lowest BCUT2D eigenvalue weighted by atomic mass is 9.87. The van der Waals surface area contributed by atoms with Gasteiger partial charge in [0.1, 0.15) is 10.6 Å². The molecule has 1 aliphatic rings. The number of thiophene rings is 1. The second-order valence-electron chi connectivity index (χ2n) is 5.61. The van der Waals surface area contributed by atoms with E-state index in [1.165, 1.54) is 30.6 Å². The molecule has 2 aromatic rings. The quantitative estimate of drug-likeness (QED) is 0.880. The van der Waals surface area contributed by atoms with Crippen LogP contribution in [-0.2, 0) is 0 Å². The number of nitrogens with one attached hydrogen (secondary N) is 1. The van der Waals surface area contributed by atoms with Crippen molar-refractivity contribution in [3.8, 4) is 0 Å². The van der Waals surface area contributed by atoms with Crippen LogP contribution in [0.2, 0.25) is 0 Å². The van der Waals surface area contributed by atoms with Crippen LogP contribution in [0, 0.1) is 12.8 Å². The van der Waals surface area contributed by atoms with Gasteiger partial charge >= 0.3 is 0 Å². The summed E-state index contributed by atoms with van der Waals surface area (Å²) in [6, 6.07) is 2.67. The third-order valence-corrected chi connectivity index (χ3v) is 4.83. The van der Waals surface area contributed by atoms with Crippen molar-refractivity contribution in [1.29, 1.82) is 0 Å². The van der Waals surface area contributed by atoms with Crippen molar-refractivity contribution >= 4 is 33.3 Å². The van der Waals surface area contributed by atoms with Gasteiger partial charge in [0.15, 0.2) is 0 Å². The SMILES string of the molecule is Cc1cc2c(NC3CCC(C)CC3)nc(N)nc2s1. The summed E-state index contributed by atoms with van der Waals surface area (Å²) in [5.41, 5.74) is 5.81. The molecule has 2 aromatic heterocycles. The number of rotatable bonds is 2. The molecule has 4 nitrogen and oxygen atoms in total. The molecule has 1 saturated carbocycles. The molecule has 5 heteroatoms. The van der Waals surface area contributed by atoms with Gasteiger partial charge in [0.25, 0.3) is 0 Å². The van der Waals surface area contributed by atoms with Crippen molar-refractivity contribution in [2.75, 3.05) is 11.1 Å². The maximum atomic E-state index is 5.81. The van der Waals surface area contributed by atoms with Crippen molar-refractivity contribution in [2.24, 2.45) is 5.92 Å². The van der Waals surface area contributed by atoms with Crippen molar-refractivity contribution in [3.05, 3.63) is 10.9 Å². The standard InChI is InChI=1S/C14H20N4S/c1-8-3-5-10(6-4-8)16-12-11-7-9(2)19-13(11)18-14(15)17-12/h7-8,10H,3-6H2,1-2H3,(H3,15,16,17,18). The Morgan fingerprint density at radius 1 is 1.26 bits per heavy atom. The summed E-state index contributed by atoms with van der Waals surface area (Å²) in [5.74, 6) is 2.13. The van der Waals surface area contributed by atoms with E-state index in [1.807, 2.05) is 0 Å². The Labute approximate surface area is 117 Å². The third-order valence-electron chi connectivity index (χ3n) is 3.89. The molecule has 2 heterocycles. The van der Waals surface area contributed by atoms with E-state index in [1.54, 1.807) is 11.3 Å². The van der Waals surface area contributed by atoms with E-state index in [0.29, 0.717) is 12.0 Å². The van der Waals surface area contributed by atoms with Crippen molar-refractivity contribution in [1.82, 2.24) is 9.97 Å². The van der Waals surface area contributed by atoms with E-state index < -0.39 is 0 Å². The average molecular weight is 276 g/mol. The van der Waals surface area contributed by atoms with Crippen molar-refractivity contribution < 1.29 is 0 Å². The number of nitrogens with two attached hydrogens (primary N) is 1. The highest BCUT2D eigenvalue weighted by Crippen LogP contribution is 2.31. The molecule has 3 rings (SSSR count). The first-order valence-corrected chi connectivity index (χ1v) is 7.73. The van der Waals surface area contributed by atoms with Gasteiger partial charge in [0.05, 0.1) is 5.39 Å². The fourth-order valence-corrected chi connectivity index (χ4v) is 3.65. The number of nitrogens with zero attached hydrogens (tertiary/aromatic N) is 2. The molecule has 0 radical (unpaired) electrons. The highest BCUT2D eigenvalue weighted by Gasteiger charge is 2.19. The minimum absolute atomic E-state index is 0.362. The third kappa shape index (κ3) is 2.66. The summed E-state index contributed by atoms with van der Waals surface area (Å²) in [6.07, 6.45) is 5.03. The van der Waals surface area contributed by atoms with E-state index in [-0.39, 0.29) is 0 Å². The molecule has 0 aromatic carbocycles. The van der Waals surface area contributed by atoms with Gasteiger partial charge in [0, 0.05) is 10.9 Å². The topological polar surface area (TPSA) is 63.8 Å². The second-order valence-corrected chi connectivity index (χ2v) is 6.84. The molecule has 3 N–H and O–H groups in total. The zero-order chi connectivity index (χ0) is 13.4. The number of hydrogen-bond acceptors (Lipinski definition) is 5. The first-order valence-electron chi connectivity index (χ1n) is 6.92. The van der Waals surface area contributed by atoms with E-state index in [9.17, 15) is 0 Å². The molecule has 0 saturated heterocycles. The summed E-state index contributed by atoms with van der Waals surface area (Å²) in [4.78, 5) is 10.9. The number of aryl methyl sites for hydroxylation is 1. The van der Waals surface area contributed by atoms with Crippen LogP contribution in [0.15, 0.2) is 6.07 Å². The molecule has 1 aliphatic carbocycles. The van der Waals surface area contributed by atoms with Crippen LogP contribution in [-0.4, -0.2) is 16.0 Å². The van der Waals surface area contributed by atoms with Crippen molar-refractivity contribution in [2.45, 2.75) is 45.6 Å². The Morgan fingerprint density at radius 3 is 2.74 bits per heavy atom. The maximum absolute atomic E-state index is 5.81. The highest BCUT2D eigenvalue weighted by atomic mass is 32.1. The maximum Gasteiger partial charge on any atom is 0.223 e. The largest absolute Gasteiger partial charge is 0.368 e. The lowest BCUT2D eigenvalue weighted by Crippen LogP contribution is -2.25. The molecular weight excluding hydrogens is 256 g/mol. The fourth-order valence-electron chi connectivity index (χ4n) is 2.77. The highest BCUT2D eigenvalue weighted by molar-refractivity contribution is 7.18. The monoisotopic (exact) mass is 276 g/mol. The number of nitrogen functional groups attached to an aromatic ring is 1. The zero-order valence-electron chi connectivity index (χ0n) is 11.4. The van der Waals surface area contributed by atoms with Crippen LogP contribution in [0.5, 0.6) is 0 Å². The fraction of sp³-hybridized carbons (Fsp3) is 0.571. The van der Waals surface area contributed by atoms with Gasteiger partial charge in [0.2, 0.25) is 5.95 Å². The number of fused-ring (bicyclic) bond motifs is 1. The number of aromatic nitrogens is 2.